The molecule has 0 aliphatic carbocycles. The average Bonchev–Trinajstić information content (AvgIpc) is 3.16. The Morgan fingerprint density at radius 3 is 2.67 bits per heavy atom. The van der Waals surface area contributed by atoms with Gasteiger partial charge in [-0.3, -0.25) is 9.20 Å². The third-order valence-corrected chi connectivity index (χ3v) is 5.71. The summed E-state index contributed by atoms with van der Waals surface area (Å²) in [5.74, 6) is 0.752. The number of hydrogen-bond acceptors (Lipinski definition) is 4. The molecule has 0 radical (unpaired) electrons. The molecule has 0 fully saturated rings. The largest absolute Gasteiger partial charge is 0.496 e. The predicted octanol–water partition coefficient (Wildman–Crippen LogP) is 4.45. The minimum Gasteiger partial charge on any atom is -0.496 e. The van der Waals surface area contributed by atoms with Crippen LogP contribution in [0.15, 0.2) is 42.6 Å². The van der Waals surface area contributed by atoms with E-state index in [-0.39, 0.29) is 5.91 Å². The molecule has 5 nitrogen and oxygen atoms in total. The van der Waals surface area contributed by atoms with Crippen LogP contribution in [0.1, 0.15) is 26.6 Å². The van der Waals surface area contributed by atoms with Crippen molar-refractivity contribution in [2.45, 2.75) is 20.4 Å². The maximum atomic E-state index is 13.2. The van der Waals surface area contributed by atoms with E-state index in [4.69, 9.17) is 4.74 Å². The number of carbonyl (C=O) groups is 1. The fourth-order valence-electron chi connectivity index (χ4n) is 3.44. The number of methoxy groups -OCH3 is 1. The minimum atomic E-state index is -0.0184. The Labute approximate surface area is 161 Å². The van der Waals surface area contributed by atoms with Crippen molar-refractivity contribution in [2.24, 2.45) is 0 Å². The van der Waals surface area contributed by atoms with Crippen molar-refractivity contribution in [3.63, 3.8) is 0 Å². The molecule has 138 valence electrons. The first kappa shape index (κ1) is 17.5. The van der Waals surface area contributed by atoms with E-state index in [2.05, 4.69) is 22.5 Å². The summed E-state index contributed by atoms with van der Waals surface area (Å²) in [6.45, 7) is 4.56. The summed E-state index contributed by atoms with van der Waals surface area (Å²) in [5, 5.41) is 1.84. The monoisotopic (exact) mass is 379 g/mol. The number of hydrogen-bond donors (Lipinski definition) is 0. The van der Waals surface area contributed by atoms with Gasteiger partial charge >= 0.3 is 0 Å². The van der Waals surface area contributed by atoms with E-state index >= 15 is 0 Å². The van der Waals surface area contributed by atoms with Crippen molar-refractivity contribution >= 4 is 33.0 Å². The summed E-state index contributed by atoms with van der Waals surface area (Å²) < 4.78 is 7.53. The molecule has 0 aliphatic rings. The van der Waals surface area contributed by atoms with Crippen LogP contribution in [0, 0.1) is 13.8 Å². The molecule has 0 spiro atoms. The van der Waals surface area contributed by atoms with E-state index in [1.807, 2.05) is 50.4 Å². The lowest BCUT2D eigenvalue weighted by Crippen LogP contribution is -2.27. The maximum absolute atomic E-state index is 13.2. The highest BCUT2D eigenvalue weighted by molar-refractivity contribution is 7.17. The number of fused-ring (bicyclic) bond motifs is 2. The van der Waals surface area contributed by atoms with E-state index in [9.17, 15) is 4.79 Å². The first-order valence-electron chi connectivity index (χ1n) is 8.74. The molecule has 6 heteroatoms. The average molecular weight is 379 g/mol. The lowest BCUT2D eigenvalue weighted by atomic mass is 10.0. The lowest BCUT2D eigenvalue weighted by Gasteiger charge is -2.19. The zero-order valence-corrected chi connectivity index (χ0v) is 16.6. The smallest absolute Gasteiger partial charge is 0.254 e. The van der Waals surface area contributed by atoms with Crippen LogP contribution >= 0.6 is 11.3 Å². The fraction of sp³-hybridized carbons (Fsp3) is 0.238. The number of benzene rings is 2. The van der Waals surface area contributed by atoms with Gasteiger partial charge < -0.3 is 9.64 Å². The Morgan fingerprint density at radius 2 is 1.93 bits per heavy atom. The second kappa shape index (κ2) is 6.70. The van der Waals surface area contributed by atoms with E-state index in [0.29, 0.717) is 12.1 Å². The highest BCUT2D eigenvalue weighted by Crippen LogP contribution is 2.29. The quantitative estimate of drug-likeness (QED) is 0.526. The Hall–Kier alpha value is -2.86. The van der Waals surface area contributed by atoms with E-state index in [0.717, 1.165) is 32.9 Å². The van der Waals surface area contributed by atoms with Crippen LogP contribution < -0.4 is 4.74 Å². The molecule has 1 amide bonds. The Morgan fingerprint density at radius 1 is 1.19 bits per heavy atom. The zero-order chi connectivity index (χ0) is 19.1. The van der Waals surface area contributed by atoms with Gasteiger partial charge in [0.2, 0.25) is 0 Å². The van der Waals surface area contributed by atoms with Gasteiger partial charge in [-0.1, -0.05) is 24.3 Å². The van der Waals surface area contributed by atoms with Crippen molar-refractivity contribution in [2.75, 3.05) is 14.2 Å². The van der Waals surface area contributed by atoms with Crippen molar-refractivity contribution in [3.8, 4) is 5.75 Å². The lowest BCUT2D eigenvalue weighted by molar-refractivity contribution is 0.0785. The Balaban J connectivity index is 1.70. The van der Waals surface area contributed by atoms with E-state index in [1.54, 1.807) is 23.3 Å². The molecule has 0 bridgehead atoms. The van der Waals surface area contributed by atoms with Crippen LogP contribution in [-0.4, -0.2) is 34.3 Å². The summed E-state index contributed by atoms with van der Waals surface area (Å²) in [5.41, 5.74) is 2.68. The fourth-order valence-corrected chi connectivity index (χ4v) is 4.33. The molecule has 2 heterocycles. The first-order valence-corrected chi connectivity index (χ1v) is 9.56. The number of rotatable bonds is 4. The third-order valence-electron chi connectivity index (χ3n) is 4.81. The van der Waals surface area contributed by atoms with Crippen LogP contribution in [0.2, 0.25) is 0 Å². The molecule has 4 rings (SSSR count). The van der Waals surface area contributed by atoms with Crippen molar-refractivity contribution < 1.29 is 9.53 Å². The second-order valence-corrected chi connectivity index (χ2v) is 7.87. The molecule has 0 saturated heterocycles. The second-order valence-electron chi connectivity index (χ2n) is 6.66. The molecular weight excluding hydrogens is 358 g/mol. The number of imidazole rings is 1. The van der Waals surface area contributed by atoms with Gasteiger partial charge in [-0.15, -0.1) is 11.3 Å². The normalized spacial score (nSPS) is 11.3. The van der Waals surface area contributed by atoms with Crippen LogP contribution in [-0.2, 0) is 6.54 Å². The maximum Gasteiger partial charge on any atom is 0.254 e. The third kappa shape index (κ3) is 2.96. The molecule has 2 aromatic carbocycles. The van der Waals surface area contributed by atoms with Gasteiger partial charge in [0.25, 0.3) is 5.91 Å². The minimum absolute atomic E-state index is 0.0184. The molecule has 0 unspecified atom stereocenters. The summed E-state index contributed by atoms with van der Waals surface area (Å²) in [4.78, 5) is 21.7. The molecule has 0 aliphatic heterocycles. The van der Waals surface area contributed by atoms with Gasteiger partial charge in [-0.25, -0.2) is 4.98 Å². The number of thiazole rings is 1. The van der Waals surface area contributed by atoms with Gasteiger partial charge in [-0.2, -0.15) is 0 Å². The predicted molar refractivity (Wildman–Crippen MR) is 109 cm³/mol. The molecule has 0 atom stereocenters. The molecule has 0 N–H and O–H groups in total. The van der Waals surface area contributed by atoms with Gasteiger partial charge in [0.1, 0.15) is 5.75 Å². The topological polar surface area (TPSA) is 46.8 Å². The number of nitrogens with zero attached hydrogens (tertiary/aromatic N) is 3. The number of amides is 1. The van der Waals surface area contributed by atoms with Gasteiger partial charge in [0, 0.05) is 29.1 Å². The molecule has 4 aromatic rings. The van der Waals surface area contributed by atoms with Crippen molar-refractivity contribution in [1.29, 1.82) is 0 Å². The standard InChI is InChI=1S/C21H21N3O2S/c1-13-11-24-18(14(2)22-21(24)27-13)12-23(3)20(25)17-9-10-19(26-4)16-8-6-5-7-15(16)17/h5-11H,12H2,1-4H3. The Kier molecular flexibility index (Phi) is 4.36. The van der Waals surface area contributed by atoms with Gasteiger partial charge in [0.15, 0.2) is 4.96 Å². The summed E-state index contributed by atoms with van der Waals surface area (Å²) in [6.07, 6.45) is 2.08. The van der Waals surface area contributed by atoms with Crippen LogP contribution in [0.25, 0.3) is 15.7 Å². The summed E-state index contributed by atoms with van der Waals surface area (Å²) in [6, 6.07) is 11.5. The SMILES string of the molecule is COc1ccc(C(=O)N(C)Cc2c(C)nc3sc(C)cn23)c2ccccc12. The molecule has 2 aromatic heterocycles. The van der Waals surface area contributed by atoms with Crippen molar-refractivity contribution in [3.05, 3.63) is 64.4 Å². The Bertz CT molecular complexity index is 1160. The van der Waals surface area contributed by atoms with Crippen LogP contribution in [0.4, 0.5) is 0 Å². The molecule has 0 saturated carbocycles. The zero-order valence-electron chi connectivity index (χ0n) is 15.8. The summed E-state index contributed by atoms with van der Waals surface area (Å²) >= 11 is 1.66. The van der Waals surface area contributed by atoms with Crippen LogP contribution in [0.3, 0.4) is 0 Å². The molecule has 27 heavy (non-hydrogen) atoms. The number of ether oxygens (including phenoxy) is 1. The summed E-state index contributed by atoms with van der Waals surface area (Å²) in [7, 11) is 3.48. The van der Waals surface area contributed by atoms with Gasteiger partial charge in [0.05, 0.1) is 25.0 Å². The van der Waals surface area contributed by atoms with Gasteiger partial charge in [-0.05, 0) is 31.4 Å². The number of aromatic nitrogens is 2. The van der Waals surface area contributed by atoms with E-state index < -0.39 is 0 Å². The van der Waals surface area contributed by atoms with E-state index in [1.165, 1.54) is 4.88 Å². The van der Waals surface area contributed by atoms with Crippen molar-refractivity contribution in [1.82, 2.24) is 14.3 Å². The number of aryl methyl sites for hydroxylation is 2. The van der Waals surface area contributed by atoms with Crippen LogP contribution in [0.5, 0.6) is 5.75 Å². The highest BCUT2D eigenvalue weighted by Gasteiger charge is 2.19. The number of carbonyl (C=O) groups excluding carboxylic acids is 1. The first-order chi connectivity index (χ1) is 13.0. The molecular formula is C21H21N3O2S. The highest BCUT2D eigenvalue weighted by atomic mass is 32.1.